The van der Waals surface area contributed by atoms with E-state index in [9.17, 15) is 0 Å². The van der Waals surface area contributed by atoms with Gasteiger partial charge in [-0.1, -0.05) is 19.8 Å². The molecule has 0 saturated heterocycles. The predicted octanol–water partition coefficient (Wildman–Crippen LogP) is 1.01. The fourth-order valence-electron chi connectivity index (χ4n) is 0.362. The Bertz CT molecular complexity index is 26.9. The number of rotatable bonds is 3. The molecule has 0 spiro atoms. The molecule has 0 aromatic rings. The van der Waals surface area contributed by atoms with Gasteiger partial charge in [0.25, 0.3) is 0 Å². The Hall–Kier alpha value is 1.22. The first-order valence-corrected chi connectivity index (χ1v) is 2.52. The zero-order valence-electron chi connectivity index (χ0n) is 6.98. The van der Waals surface area contributed by atoms with Crippen molar-refractivity contribution in [2.24, 2.45) is 0 Å². The van der Waals surface area contributed by atoms with Crippen LogP contribution in [-0.2, 0) is 0 Å². The van der Waals surface area contributed by atoms with Crippen molar-refractivity contribution in [3.05, 3.63) is 0 Å². The molecule has 0 aliphatic carbocycles. The minimum Gasteiger partial charge on any atom is -1.00 e. The van der Waals surface area contributed by atoms with E-state index < -0.39 is 0 Å². The molecule has 42 valence electrons. The Morgan fingerprint density at radius 3 is 2.14 bits per heavy atom. The quantitative estimate of drug-likeness (QED) is 0.446. The van der Waals surface area contributed by atoms with Gasteiger partial charge in [-0.25, -0.2) is 0 Å². The molecule has 0 aromatic heterocycles. The van der Waals surface area contributed by atoms with Crippen LogP contribution in [0.5, 0.6) is 0 Å². The van der Waals surface area contributed by atoms with Crippen molar-refractivity contribution < 1.29 is 7.96 Å². The van der Waals surface area contributed by atoms with Gasteiger partial charge in [0, 0.05) is 6.61 Å². The zero-order valence-corrected chi connectivity index (χ0v) is 7.19. The first-order valence-electron chi connectivity index (χ1n) is 2.52. The van der Waals surface area contributed by atoms with Crippen LogP contribution in [0.3, 0.4) is 0 Å². The Balaban J connectivity index is -0.0000000417. The number of aliphatic hydroxyl groups is 1. The largest absolute Gasteiger partial charge is 2.00 e. The van der Waals surface area contributed by atoms with Crippen LogP contribution < -0.4 is 0 Å². The van der Waals surface area contributed by atoms with Crippen molar-refractivity contribution in [1.29, 1.82) is 0 Å². The van der Waals surface area contributed by atoms with Crippen LogP contribution >= 0.6 is 0 Å². The van der Waals surface area contributed by atoms with Crippen molar-refractivity contribution in [2.45, 2.75) is 26.2 Å². The molecule has 7 heavy (non-hydrogen) atoms. The summed E-state index contributed by atoms with van der Waals surface area (Å²) < 4.78 is 0. The Kier molecular flexibility index (Phi) is 16.2. The molecule has 0 amide bonds. The molecule has 0 aliphatic rings. The van der Waals surface area contributed by atoms with Crippen LogP contribution in [0, 0.1) is 0 Å². The van der Waals surface area contributed by atoms with Crippen LogP contribution in [0.1, 0.15) is 29.0 Å². The van der Waals surface area contributed by atoms with Gasteiger partial charge in [0.1, 0.15) is 0 Å². The van der Waals surface area contributed by atoms with Crippen LogP contribution in [0.4, 0.5) is 0 Å². The minimum atomic E-state index is 0. The molecule has 0 heterocycles. The third-order valence-electron chi connectivity index (χ3n) is 0.762. The van der Waals surface area contributed by atoms with Gasteiger partial charge in [-0.2, -0.15) is 0 Å². The third kappa shape index (κ3) is 11.0. The smallest absolute Gasteiger partial charge is 1.00 e. The summed E-state index contributed by atoms with van der Waals surface area (Å²) in [7, 11) is 0. The number of unbranched alkanes of at least 4 members (excludes halogenated alkanes) is 2. The van der Waals surface area contributed by atoms with Gasteiger partial charge < -0.3 is 7.96 Å². The second-order valence-corrected chi connectivity index (χ2v) is 1.43. The number of aliphatic hydroxyl groups excluding tert-OH is 1. The summed E-state index contributed by atoms with van der Waals surface area (Å²) in [5, 5.41) is 8.20. The van der Waals surface area contributed by atoms with Crippen molar-refractivity contribution in [3.63, 3.8) is 0 Å². The number of hydrogen-bond acceptors (Lipinski definition) is 1. The average molecular weight is 130 g/mol. The molecule has 0 unspecified atom stereocenters. The fraction of sp³-hybridized carbons (Fsp3) is 1.00. The van der Waals surface area contributed by atoms with E-state index in [1.165, 1.54) is 6.42 Å². The second-order valence-electron chi connectivity index (χ2n) is 1.43. The Labute approximate surface area is 78.1 Å². The number of hydrogen-bond donors (Lipinski definition) is 1. The third-order valence-corrected chi connectivity index (χ3v) is 0.762. The van der Waals surface area contributed by atoms with E-state index in [0.29, 0.717) is 6.61 Å². The Morgan fingerprint density at radius 2 is 2.00 bits per heavy atom. The summed E-state index contributed by atoms with van der Waals surface area (Å²) >= 11 is 0. The molecule has 0 rings (SSSR count). The molecule has 0 radical (unpaired) electrons. The second kappa shape index (κ2) is 10.3. The van der Waals surface area contributed by atoms with Gasteiger partial charge >= 0.3 is 37.7 Å². The van der Waals surface area contributed by atoms with Crippen molar-refractivity contribution in [1.82, 2.24) is 0 Å². The molecule has 0 aliphatic heterocycles. The molecule has 2 heteroatoms. The van der Waals surface area contributed by atoms with Gasteiger partial charge in [-0.15, -0.1) is 0 Å². The van der Waals surface area contributed by atoms with Crippen molar-refractivity contribution >= 4 is 37.7 Å². The molecule has 0 atom stereocenters. The topological polar surface area (TPSA) is 20.2 Å². The van der Waals surface area contributed by atoms with Crippen LogP contribution in [-0.4, -0.2) is 49.5 Å². The summed E-state index contributed by atoms with van der Waals surface area (Å²) in [6, 6.07) is 0. The van der Waals surface area contributed by atoms with Gasteiger partial charge in [0.2, 0.25) is 0 Å². The molecule has 0 fully saturated rings. The molecule has 1 N–H and O–H groups in total. The van der Waals surface area contributed by atoms with E-state index in [4.69, 9.17) is 5.11 Å². The summed E-state index contributed by atoms with van der Waals surface area (Å²) in [5.41, 5.74) is 0. The maximum absolute atomic E-state index is 8.20. The predicted molar refractivity (Wildman–Crippen MR) is 34.6 cm³/mol. The molecule has 0 aromatic carbocycles. The SMILES string of the molecule is CCCCCO.[Ca+2].[H-].[H-]. The molecule has 1 nitrogen and oxygen atoms in total. The fourth-order valence-corrected chi connectivity index (χ4v) is 0.362. The van der Waals surface area contributed by atoms with E-state index in [1.807, 2.05) is 0 Å². The van der Waals surface area contributed by atoms with Crippen LogP contribution in [0.15, 0.2) is 0 Å². The van der Waals surface area contributed by atoms with Crippen molar-refractivity contribution in [2.75, 3.05) is 6.61 Å². The summed E-state index contributed by atoms with van der Waals surface area (Å²) in [4.78, 5) is 0. The molecular formula is C5H14CaO. The summed E-state index contributed by atoms with van der Waals surface area (Å²) in [6.07, 6.45) is 3.33. The molecule has 0 saturated carbocycles. The van der Waals surface area contributed by atoms with Gasteiger partial charge in [0.15, 0.2) is 0 Å². The zero-order chi connectivity index (χ0) is 4.83. The normalized spacial score (nSPS) is 7.71. The molecule has 0 bridgehead atoms. The minimum absolute atomic E-state index is 0. The maximum Gasteiger partial charge on any atom is 2.00 e. The van der Waals surface area contributed by atoms with E-state index in [2.05, 4.69) is 6.92 Å². The van der Waals surface area contributed by atoms with E-state index in [1.54, 1.807) is 0 Å². The van der Waals surface area contributed by atoms with Gasteiger partial charge in [-0.3, -0.25) is 0 Å². The Morgan fingerprint density at radius 1 is 1.43 bits per heavy atom. The average Bonchev–Trinajstić information content (AvgIpc) is 1.61. The first kappa shape index (κ1) is 11.1. The van der Waals surface area contributed by atoms with Gasteiger partial charge in [-0.05, 0) is 6.42 Å². The van der Waals surface area contributed by atoms with E-state index in [-0.39, 0.29) is 40.6 Å². The van der Waals surface area contributed by atoms with E-state index >= 15 is 0 Å². The summed E-state index contributed by atoms with van der Waals surface area (Å²) in [5.74, 6) is 0. The van der Waals surface area contributed by atoms with E-state index in [0.717, 1.165) is 12.8 Å². The maximum atomic E-state index is 8.20. The van der Waals surface area contributed by atoms with Crippen LogP contribution in [0.25, 0.3) is 0 Å². The summed E-state index contributed by atoms with van der Waals surface area (Å²) in [6.45, 7) is 2.48. The monoisotopic (exact) mass is 130 g/mol. The van der Waals surface area contributed by atoms with Crippen LogP contribution in [0.2, 0.25) is 0 Å². The van der Waals surface area contributed by atoms with Gasteiger partial charge in [0.05, 0.1) is 0 Å². The standard InChI is InChI=1S/C5H12O.Ca.2H/c1-2-3-4-5-6;;;/h6H,2-5H2,1H3;;;/q;+2;2*-1. The van der Waals surface area contributed by atoms with Crippen molar-refractivity contribution in [3.8, 4) is 0 Å². The molecular weight excluding hydrogens is 116 g/mol. The first-order chi connectivity index (χ1) is 2.91.